The fourth-order valence-electron chi connectivity index (χ4n) is 3.61. The van der Waals surface area contributed by atoms with Crippen molar-refractivity contribution in [3.8, 4) is 16.9 Å². The number of fused-ring (bicyclic) bond motifs is 3. The molecule has 0 saturated carbocycles. The number of methoxy groups -OCH3 is 1. The SMILES string of the molecule is COc1ccc(C(=O)N2c3ccccc3-c3ccc(F)cc3C2C)cc1F. The van der Waals surface area contributed by atoms with Crippen LogP contribution in [0.3, 0.4) is 0 Å². The van der Waals surface area contributed by atoms with Gasteiger partial charge in [-0.15, -0.1) is 0 Å². The van der Waals surface area contributed by atoms with Gasteiger partial charge in [0.15, 0.2) is 11.6 Å². The summed E-state index contributed by atoms with van der Waals surface area (Å²) in [4.78, 5) is 14.8. The number of nitrogens with zero attached hydrogens (tertiary/aromatic N) is 1. The Balaban J connectivity index is 1.85. The average molecular weight is 365 g/mol. The molecule has 27 heavy (non-hydrogen) atoms. The van der Waals surface area contributed by atoms with E-state index in [2.05, 4.69) is 0 Å². The lowest BCUT2D eigenvalue weighted by Gasteiger charge is -2.37. The molecule has 0 radical (unpaired) electrons. The fourth-order valence-corrected chi connectivity index (χ4v) is 3.61. The molecule has 3 nitrogen and oxygen atoms in total. The highest BCUT2D eigenvalue weighted by molar-refractivity contribution is 6.10. The normalized spacial score (nSPS) is 15.1. The van der Waals surface area contributed by atoms with Gasteiger partial charge in [0.25, 0.3) is 5.91 Å². The molecular weight excluding hydrogens is 348 g/mol. The number of para-hydroxylation sites is 1. The van der Waals surface area contributed by atoms with E-state index >= 15 is 0 Å². The molecule has 1 aliphatic rings. The summed E-state index contributed by atoms with van der Waals surface area (Å²) in [7, 11) is 1.37. The first-order valence-electron chi connectivity index (χ1n) is 8.57. The molecule has 1 atom stereocenters. The van der Waals surface area contributed by atoms with Crippen molar-refractivity contribution >= 4 is 11.6 Å². The van der Waals surface area contributed by atoms with Crippen LogP contribution in [0.15, 0.2) is 60.7 Å². The monoisotopic (exact) mass is 365 g/mol. The summed E-state index contributed by atoms with van der Waals surface area (Å²) in [6.07, 6.45) is 0. The molecule has 1 heterocycles. The third-order valence-corrected chi connectivity index (χ3v) is 4.92. The molecule has 0 saturated heterocycles. The number of hydrogen-bond donors (Lipinski definition) is 0. The van der Waals surface area contributed by atoms with Crippen LogP contribution < -0.4 is 9.64 Å². The molecule has 0 bridgehead atoms. The second kappa shape index (κ2) is 6.50. The summed E-state index contributed by atoms with van der Waals surface area (Å²) in [6, 6.07) is 15.8. The van der Waals surface area contributed by atoms with E-state index in [1.54, 1.807) is 11.0 Å². The highest BCUT2D eigenvalue weighted by Crippen LogP contribution is 2.45. The van der Waals surface area contributed by atoms with Gasteiger partial charge in [0, 0.05) is 11.1 Å². The van der Waals surface area contributed by atoms with Crippen LogP contribution in [0.1, 0.15) is 28.9 Å². The van der Waals surface area contributed by atoms with E-state index in [0.717, 1.165) is 22.8 Å². The summed E-state index contributed by atoms with van der Waals surface area (Å²) in [5.74, 6) is -1.24. The molecule has 0 fully saturated rings. The maximum absolute atomic E-state index is 14.1. The summed E-state index contributed by atoms with van der Waals surface area (Å²) in [5.41, 5.74) is 3.37. The molecule has 0 aromatic heterocycles. The Morgan fingerprint density at radius 1 is 1.00 bits per heavy atom. The lowest BCUT2D eigenvalue weighted by Crippen LogP contribution is -2.36. The van der Waals surface area contributed by atoms with Gasteiger partial charge in [-0.2, -0.15) is 0 Å². The van der Waals surface area contributed by atoms with Gasteiger partial charge in [-0.25, -0.2) is 8.78 Å². The molecule has 1 unspecified atom stereocenters. The summed E-state index contributed by atoms with van der Waals surface area (Å²) in [5, 5.41) is 0. The predicted molar refractivity (Wildman–Crippen MR) is 100 cm³/mol. The standard InChI is InChI=1S/C22H17F2NO2/c1-13-18-12-15(23)8-9-16(18)17-5-3-4-6-20(17)25(13)22(26)14-7-10-21(27-2)19(24)11-14/h3-13H,1-2H3. The highest BCUT2D eigenvalue weighted by atomic mass is 19.1. The molecule has 3 aromatic rings. The zero-order valence-corrected chi connectivity index (χ0v) is 14.9. The van der Waals surface area contributed by atoms with Gasteiger partial charge in [0.2, 0.25) is 0 Å². The molecule has 5 heteroatoms. The van der Waals surface area contributed by atoms with Gasteiger partial charge in [-0.3, -0.25) is 4.79 Å². The van der Waals surface area contributed by atoms with Crippen LogP contribution in [-0.2, 0) is 0 Å². The molecule has 136 valence electrons. The Labute approximate surface area is 155 Å². The molecule has 1 amide bonds. The van der Waals surface area contributed by atoms with Crippen molar-refractivity contribution in [2.24, 2.45) is 0 Å². The quantitative estimate of drug-likeness (QED) is 0.612. The van der Waals surface area contributed by atoms with Crippen LogP contribution in [-0.4, -0.2) is 13.0 Å². The van der Waals surface area contributed by atoms with Crippen LogP contribution in [0, 0.1) is 11.6 Å². The zero-order chi connectivity index (χ0) is 19.1. The number of hydrogen-bond acceptors (Lipinski definition) is 2. The molecule has 0 N–H and O–H groups in total. The lowest BCUT2D eigenvalue weighted by molar-refractivity contribution is 0.0977. The summed E-state index contributed by atoms with van der Waals surface area (Å²) >= 11 is 0. The highest BCUT2D eigenvalue weighted by Gasteiger charge is 2.33. The first kappa shape index (κ1) is 17.2. The van der Waals surface area contributed by atoms with E-state index in [-0.39, 0.29) is 23.0 Å². The van der Waals surface area contributed by atoms with Crippen LogP contribution in [0.5, 0.6) is 5.75 Å². The number of ether oxygens (including phenoxy) is 1. The number of rotatable bonds is 2. The van der Waals surface area contributed by atoms with Crippen molar-refractivity contribution in [1.29, 1.82) is 0 Å². The Kier molecular flexibility index (Phi) is 4.15. The Hall–Kier alpha value is -3.21. The minimum Gasteiger partial charge on any atom is -0.494 e. The van der Waals surface area contributed by atoms with Crippen LogP contribution in [0.4, 0.5) is 14.5 Å². The Morgan fingerprint density at radius 2 is 1.78 bits per heavy atom. The van der Waals surface area contributed by atoms with E-state index in [1.807, 2.05) is 31.2 Å². The number of anilines is 1. The van der Waals surface area contributed by atoms with E-state index in [4.69, 9.17) is 4.74 Å². The molecule has 4 rings (SSSR count). The number of carbonyl (C=O) groups excluding carboxylic acids is 1. The first-order chi connectivity index (χ1) is 13.0. The molecular formula is C22H17F2NO2. The topological polar surface area (TPSA) is 29.5 Å². The smallest absolute Gasteiger partial charge is 0.258 e. The van der Waals surface area contributed by atoms with Gasteiger partial charge in [0.05, 0.1) is 18.8 Å². The van der Waals surface area contributed by atoms with Gasteiger partial charge >= 0.3 is 0 Å². The largest absolute Gasteiger partial charge is 0.494 e. The van der Waals surface area contributed by atoms with E-state index in [9.17, 15) is 13.6 Å². The second-order valence-electron chi connectivity index (χ2n) is 6.45. The Bertz CT molecular complexity index is 1050. The average Bonchev–Trinajstić information content (AvgIpc) is 2.68. The minimum absolute atomic E-state index is 0.0751. The molecule has 1 aliphatic heterocycles. The van der Waals surface area contributed by atoms with Crippen LogP contribution in [0.2, 0.25) is 0 Å². The van der Waals surface area contributed by atoms with E-state index in [1.165, 1.54) is 31.4 Å². The number of halogens is 2. The second-order valence-corrected chi connectivity index (χ2v) is 6.45. The predicted octanol–water partition coefficient (Wildman–Crippen LogP) is 5.36. The van der Waals surface area contributed by atoms with E-state index in [0.29, 0.717) is 5.69 Å². The van der Waals surface area contributed by atoms with Gasteiger partial charge in [-0.1, -0.05) is 24.3 Å². The fraction of sp³-hybridized carbons (Fsp3) is 0.136. The molecule has 0 aliphatic carbocycles. The lowest BCUT2D eigenvalue weighted by atomic mass is 9.88. The van der Waals surface area contributed by atoms with Gasteiger partial charge < -0.3 is 9.64 Å². The van der Waals surface area contributed by atoms with Crippen LogP contribution >= 0.6 is 0 Å². The third kappa shape index (κ3) is 2.76. The Morgan fingerprint density at radius 3 is 2.52 bits per heavy atom. The summed E-state index contributed by atoms with van der Waals surface area (Å²) < 4.78 is 32.9. The maximum atomic E-state index is 14.1. The molecule has 3 aromatic carbocycles. The van der Waals surface area contributed by atoms with E-state index < -0.39 is 11.9 Å². The number of benzene rings is 3. The van der Waals surface area contributed by atoms with Crippen LogP contribution in [0.25, 0.3) is 11.1 Å². The first-order valence-corrected chi connectivity index (χ1v) is 8.57. The molecule has 0 spiro atoms. The van der Waals surface area contributed by atoms with Crippen molar-refractivity contribution in [2.75, 3.05) is 12.0 Å². The number of carbonyl (C=O) groups is 1. The van der Waals surface area contributed by atoms with Gasteiger partial charge in [-0.05, 0) is 54.4 Å². The van der Waals surface area contributed by atoms with Crippen molar-refractivity contribution in [3.63, 3.8) is 0 Å². The third-order valence-electron chi connectivity index (χ3n) is 4.92. The number of amides is 1. The maximum Gasteiger partial charge on any atom is 0.258 e. The summed E-state index contributed by atoms with van der Waals surface area (Å²) in [6.45, 7) is 1.84. The van der Waals surface area contributed by atoms with Crippen molar-refractivity contribution in [1.82, 2.24) is 0 Å². The van der Waals surface area contributed by atoms with Gasteiger partial charge in [0.1, 0.15) is 5.82 Å². The minimum atomic E-state index is -0.604. The van der Waals surface area contributed by atoms with Crippen molar-refractivity contribution in [2.45, 2.75) is 13.0 Å². The zero-order valence-electron chi connectivity index (χ0n) is 14.9. The van der Waals surface area contributed by atoms with Crippen molar-refractivity contribution < 1.29 is 18.3 Å². The van der Waals surface area contributed by atoms with Crippen molar-refractivity contribution in [3.05, 3.63) is 83.4 Å².